The Morgan fingerprint density at radius 2 is 1.53 bits per heavy atom. The van der Waals surface area contributed by atoms with E-state index in [1.54, 1.807) is 7.11 Å². The van der Waals surface area contributed by atoms with E-state index < -0.39 is 0 Å². The molecular weight excluding hydrogens is 426 g/mol. The highest BCUT2D eigenvalue weighted by molar-refractivity contribution is 5.98. The molecule has 34 heavy (non-hydrogen) atoms. The van der Waals surface area contributed by atoms with E-state index in [1.807, 2.05) is 67.3 Å². The highest BCUT2D eigenvalue weighted by atomic mass is 16.5. The second-order valence-electron chi connectivity index (χ2n) is 8.73. The van der Waals surface area contributed by atoms with Crippen molar-refractivity contribution in [1.82, 2.24) is 0 Å². The van der Waals surface area contributed by atoms with Gasteiger partial charge in [-0.1, -0.05) is 38.1 Å². The second kappa shape index (κ2) is 10.2. The van der Waals surface area contributed by atoms with Crippen LogP contribution in [0.25, 0.3) is 0 Å². The van der Waals surface area contributed by atoms with E-state index >= 15 is 0 Å². The molecule has 0 fully saturated rings. The van der Waals surface area contributed by atoms with Crippen LogP contribution in [0.2, 0.25) is 0 Å². The third kappa shape index (κ3) is 4.60. The van der Waals surface area contributed by atoms with E-state index in [0.717, 1.165) is 28.1 Å². The van der Waals surface area contributed by atoms with Gasteiger partial charge in [-0.3, -0.25) is 4.79 Å². The number of rotatable bonds is 8. The molecule has 4 rings (SSSR count). The zero-order valence-corrected chi connectivity index (χ0v) is 20.6. The van der Waals surface area contributed by atoms with Gasteiger partial charge in [0, 0.05) is 5.69 Å². The van der Waals surface area contributed by atoms with Gasteiger partial charge in [-0.05, 0) is 78.4 Å². The standard InChI is InChI=1S/C29H33NO4/c1-6-33-26-16-22-17-28(31)30(23-12-8-20(9-13-23)19(3)4)29(25(22)18-27(26)34-7-2)21-10-14-24(32-5)15-11-21/h8-16,18-19,29H,6-7,17H2,1-5H3/t29-/m0/s1. The van der Waals surface area contributed by atoms with Crippen molar-refractivity contribution in [3.05, 3.63) is 82.9 Å². The Morgan fingerprint density at radius 1 is 0.912 bits per heavy atom. The number of carbonyl (C=O) groups is 1. The van der Waals surface area contributed by atoms with Crippen LogP contribution in [0.1, 0.15) is 61.9 Å². The van der Waals surface area contributed by atoms with Crippen molar-refractivity contribution in [3.8, 4) is 17.2 Å². The topological polar surface area (TPSA) is 48.0 Å². The summed E-state index contributed by atoms with van der Waals surface area (Å²) >= 11 is 0. The van der Waals surface area contributed by atoms with Crippen LogP contribution >= 0.6 is 0 Å². The summed E-state index contributed by atoms with van der Waals surface area (Å²) in [5.41, 5.74) is 5.15. The molecule has 1 aliphatic rings. The SMILES string of the molecule is CCOc1cc2c(cc1OCC)[C@H](c1ccc(OC)cc1)N(c1ccc(C(C)C)cc1)C(=O)C2. The third-order valence-electron chi connectivity index (χ3n) is 6.24. The Labute approximate surface area is 202 Å². The molecule has 1 amide bonds. The van der Waals surface area contributed by atoms with E-state index in [9.17, 15) is 4.79 Å². The van der Waals surface area contributed by atoms with Gasteiger partial charge in [0.05, 0.1) is 32.8 Å². The molecular formula is C29H33NO4. The minimum Gasteiger partial charge on any atom is -0.497 e. The molecule has 1 heterocycles. The van der Waals surface area contributed by atoms with Crippen LogP contribution in [0.5, 0.6) is 17.2 Å². The molecule has 3 aromatic rings. The third-order valence-corrected chi connectivity index (χ3v) is 6.24. The summed E-state index contributed by atoms with van der Waals surface area (Å²) in [4.78, 5) is 15.5. The number of amides is 1. The molecule has 0 radical (unpaired) electrons. The minimum atomic E-state index is -0.290. The summed E-state index contributed by atoms with van der Waals surface area (Å²) in [7, 11) is 1.65. The Bertz CT molecular complexity index is 1140. The van der Waals surface area contributed by atoms with Crippen LogP contribution < -0.4 is 19.1 Å². The van der Waals surface area contributed by atoms with Crippen molar-refractivity contribution in [2.75, 3.05) is 25.2 Å². The van der Waals surface area contributed by atoms with Gasteiger partial charge in [0.2, 0.25) is 5.91 Å². The second-order valence-corrected chi connectivity index (χ2v) is 8.73. The molecule has 0 spiro atoms. The Balaban J connectivity index is 1.88. The number of nitrogens with zero attached hydrogens (tertiary/aromatic N) is 1. The maximum absolute atomic E-state index is 13.6. The Morgan fingerprint density at radius 3 is 2.09 bits per heavy atom. The van der Waals surface area contributed by atoms with E-state index in [2.05, 4.69) is 26.0 Å². The van der Waals surface area contributed by atoms with Crippen molar-refractivity contribution in [1.29, 1.82) is 0 Å². The highest BCUT2D eigenvalue weighted by Gasteiger charge is 2.36. The molecule has 0 bridgehead atoms. The van der Waals surface area contributed by atoms with E-state index in [1.165, 1.54) is 5.56 Å². The molecule has 178 valence electrons. The molecule has 0 unspecified atom stereocenters. The predicted molar refractivity (Wildman–Crippen MR) is 135 cm³/mol. The monoisotopic (exact) mass is 459 g/mol. The summed E-state index contributed by atoms with van der Waals surface area (Å²) in [5, 5.41) is 0. The van der Waals surface area contributed by atoms with Gasteiger partial charge in [-0.2, -0.15) is 0 Å². The number of hydrogen-bond donors (Lipinski definition) is 0. The largest absolute Gasteiger partial charge is 0.497 e. The fourth-order valence-electron chi connectivity index (χ4n) is 4.52. The quantitative estimate of drug-likeness (QED) is 0.397. The first kappa shape index (κ1) is 23.7. The zero-order chi connectivity index (χ0) is 24.2. The maximum Gasteiger partial charge on any atom is 0.232 e. The summed E-state index contributed by atoms with van der Waals surface area (Å²) in [6, 6.07) is 20.0. The molecule has 0 saturated carbocycles. The molecule has 0 N–H and O–H groups in total. The highest BCUT2D eigenvalue weighted by Crippen LogP contribution is 2.43. The molecule has 5 heteroatoms. The van der Waals surface area contributed by atoms with Gasteiger partial charge >= 0.3 is 0 Å². The van der Waals surface area contributed by atoms with Crippen molar-refractivity contribution in [2.24, 2.45) is 0 Å². The number of ether oxygens (including phenoxy) is 3. The van der Waals surface area contributed by atoms with E-state index in [0.29, 0.717) is 37.1 Å². The smallest absolute Gasteiger partial charge is 0.232 e. The van der Waals surface area contributed by atoms with Gasteiger partial charge < -0.3 is 19.1 Å². The first-order valence-corrected chi connectivity index (χ1v) is 11.9. The molecule has 3 aromatic carbocycles. The molecule has 0 aromatic heterocycles. The lowest BCUT2D eigenvalue weighted by Gasteiger charge is -2.38. The maximum atomic E-state index is 13.6. The van der Waals surface area contributed by atoms with Crippen LogP contribution in [-0.2, 0) is 11.2 Å². The Hall–Kier alpha value is -3.47. The molecule has 0 aliphatic carbocycles. The van der Waals surface area contributed by atoms with Gasteiger partial charge in [0.1, 0.15) is 5.75 Å². The fraction of sp³-hybridized carbons (Fsp3) is 0.345. The van der Waals surface area contributed by atoms with Gasteiger partial charge in [-0.25, -0.2) is 0 Å². The fourth-order valence-corrected chi connectivity index (χ4v) is 4.52. The van der Waals surface area contributed by atoms with Crippen LogP contribution in [0, 0.1) is 0 Å². The van der Waals surface area contributed by atoms with E-state index in [-0.39, 0.29) is 11.9 Å². The number of fused-ring (bicyclic) bond motifs is 1. The predicted octanol–water partition coefficient (Wildman–Crippen LogP) is 6.29. The summed E-state index contributed by atoms with van der Waals surface area (Å²) < 4.78 is 17.2. The molecule has 1 atom stereocenters. The van der Waals surface area contributed by atoms with Crippen LogP contribution in [0.15, 0.2) is 60.7 Å². The van der Waals surface area contributed by atoms with Crippen LogP contribution in [0.3, 0.4) is 0 Å². The van der Waals surface area contributed by atoms with Crippen LogP contribution in [-0.4, -0.2) is 26.2 Å². The average Bonchev–Trinajstić information content (AvgIpc) is 2.84. The lowest BCUT2D eigenvalue weighted by molar-refractivity contribution is -0.118. The lowest BCUT2D eigenvalue weighted by Crippen LogP contribution is -2.41. The lowest BCUT2D eigenvalue weighted by atomic mass is 9.86. The number of carbonyl (C=O) groups excluding carboxylic acids is 1. The average molecular weight is 460 g/mol. The zero-order valence-electron chi connectivity index (χ0n) is 20.6. The number of benzene rings is 3. The molecule has 5 nitrogen and oxygen atoms in total. The van der Waals surface area contributed by atoms with E-state index in [4.69, 9.17) is 14.2 Å². The first-order valence-electron chi connectivity index (χ1n) is 11.9. The number of methoxy groups -OCH3 is 1. The summed E-state index contributed by atoms with van der Waals surface area (Å²) in [6.07, 6.45) is 0.306. The number of hydrogen-bond acceptors (Lipinski definition) is 4. The van der Waals surface area contributed by atoms with Crippen molar-refractivity contribution >= 4 is 11.6 Å². The normalized spacial score (nSPS) is 15.3. The molecule has 0 saturated heterocycles. The minimum absolute atomic E-state index is 0.0530. The van der Waals surface area contributed by atoms with Crippen molar-refractivity contribution in [2.45, 2.75) is 46.1 Å². The van der Waals surface area contributed by atoms with Crippen molar-refractivity contribution in [3.63, 3.8) is 0 Å². The Kier molecular flexibility index (Phi) is 7.11. The van der Waals surface area contributed by atoms with Crippen molar-refractivity contribution < 1.29 is 19.0 Å². The van der Waals surface area contributed by atoms with Gasteiger partial charge in [0.25, 0.3) is 0 Å². The van der Waals surface area contributed by atoms with Gasteiger partial charge in [-0.15, -0.1) is 0 Å². The summed E-state index contributed by atoms with van der Waals surface area (Å²) in [6.45, 7) is 9.31. The van der Waals surface area contributed by atoms with Gasteiger partial charge in [0.15, 0.2) is 11.5 Å². The first-order chi connectivity index (χ1) is 16.5. The summed E-state index contributed by atoms with van der Waals surface area (Å²) in [5.74, 6) is 2.64. The van der Waals surface area contributed by atoms with Crippen LogP contribution in [0.4, 0.5) is 5.69 Å². The number of anilines is 1. The molecule has 1 aliphatic heterocycles.